The number of nitrogens with one attached hydrogen (secondary N) is 1. The van der Waals surface area contributed by atoms with Crippen LogP contribution < -0.4 is 5.32 Å². The number of para-hydroxylation sites is 1. The highest BCUT2D eigenvalue weighted by Gasteiger charge is 2.57. The average Bonchev–Trinajstić information content (AvgIpc) is 3.00. The minimum Gasteiger partial charge on any atom is -0.423 e. The second-order valence-corrected chi connectivity index (χ2v) is 8.13. The molecule has 0 aromatic heterocycles. The zero-order valence-electron chi connectivity index (χ0n) is 16.0. The lowest BCUT2D eigenvalue weighted by molar-refractivity contribution is -0.137. The third-order valence-electron chi connectivity index (χ3n) is 6.64. The highest BCUT2D eigenvalue weighted by molar-refractivity contribution is 6.50. The largest absolute Gasteiger partial charge is 0.483 e. The van der Waals surface area contributed by atoms with Crippen molar-refractivity contribution in [3.63, 3.8) is 0 Å². The van der Waals surface area contributed by atoms with Gasteiger partial charge < -0.3 is 15.4 Å². The molecule has 0 spiro atoms. The number of benzene rings is 1. The van der Waals surface area contributed by atoms with Crippen LogP contribution in [-0.2, 0) is 16.5 Å². The van der Waals surface area contributed by atoms with Crippen LogP contribution in [0.15, 0.2) is 29.7 Å². The summed E-state index contributed by atoms with van der Waals surface area (Å²) in [6.45, 7) is 0.662. The Kier molecular flexibility index (Phi) is 5.25. The third kappa shape index (κ3) is 3.29. The number of anilines is 1. The number of carbonyl (C=O) groups excluding carboxylic acids is 1. The number of amides is 1. The molecule has 3 N–H and O–H groups in total. The van der Waals surface area contributed by atoms with Crippen LogP contribution in [-0.4, -0.2) is 41.1 Å². The van der Waals surface area contributed by atoms with Gasteiger partial charge in [0, 0.05) is 18.7 Å². The van der Waals surface area contributed by atoms with Crippen LogP contribution in [0.3, 0.4) is 0 Å². The Morgan fingerprint density at radius 1 is 1.17 bits per heavy atom. The lowest BCUT2D eigenvalue weighted by Crippen LogP contribution is -2.57. The van der Waals surface area contributed by atoms with Gasteiger partial charge in [0.15, 0.2) is 0 Å². The summed E-state index contributed by atoms with van der Waals surface area (Å²) >= 11 is 0. The molecular formula is C20H24BF3N2O3. The normalized spacial score (nSPS) is 26.1. The van der Waals surface area contributed by atoms with Gasteiger partial charge in [-0.25, -0.2) is 0 Å². The topological polar surface area (TPSA) is 72.8 Å². The summed E-state index contributed by atoms with van der Waals surface area (Å²) in [5.41, 5.74) is -1.25. The van der Waals surface area contributed by atoms with Crippen LogP contribution in [0.5, 0.6) is 0 Å². The molecule has 156 valence electrons. The molecule has 1 saturated carbocycles. The molecule has 9 heteroatoms. The molecule has 1 fully saturated rings. The van der Waals surface area contributed by atoms with Gasteiger partial charge in [-0.2, -0.15) is 13.2 Å². The van der Waals surface area contributed by atoms with Crippen molar-refractivity contribution in [2.75, 3.05) is 18.4 Å². The van der Waals surface area contributed by atoms with Crippen LogP contribution in [0, 0.1) is 5.92 Å². The zero-order valence-corrected chi connectivity index (χ0v) is 16.0. The van der Waals surface area contributed by atoms with Crippen LogP contribution >= 0.6 is 0 Å². The van der Waals surface area contributed by atoms with Gasteiger partial charge in [0.2, 0.25) is 5.91 Å². The number of hydrogen-bond donors (Lipinski definition) is 3. The molecule has 0 bridgehead atoms. The van der Waals surface area contributed by atoms with E-state index in [0.717, 1.165) is 38.2 Å². The second kappa shape index (κ2) is 7.45. The van der Waals surface area contributed by atoms with Crippen molar-refractivity contribution in [3.05, 3.63) is 40.9 Å². The predicted molar refractivity (Wildman–Crippen MR) is 103 cm³/mol. The Labute approximate surface area is 167 Å². The molecule has 0 unspecified atom stereocenters. The SMILES string of the molecule is O=C1Nc2c(C(F)(F)F)cccc2[C@@]1(C1CCCCC1)N1CC=C(B(O)O)CC1. The van der Waals surface area contributed by atoms with Crippen molar-refractivity contribution in [1.82, 2.24) is 4.90 Å². The van der Waals surface area contributed by atoms with E-state index in [9.17, 15) is 28.0 Å². The van der Waals surface area contributed by atoms with Crippen molar-refractivity contribution in [3.8, 4) is 0 Å². The Morgan fingerprint density at radius 2 is 1.90 bits per heavy atom. The molecule has 4 rings (SSSR count). The van der Waals surface area contributed by atoms with Gasteiger partial charge in [0.05, 0.1) is 11.3 Å². The maximum absolute atomic E-state index is 13.6. The highest BCUT2D eigenvalue weighted by Crippen LogP contribution is 2.53. The lowest BCUT2D eigenvalue weighted by Gasteiger charge is -2.47. The van der Waals surface area contributed by atoms with E-state index in [-0.39, 0.29) is 18.2 Å². The van der Waals surface area contributed by atoms with Crippen molar-refractivity contribution in [2.24, 2.45) is 5.92 Å². The van der Waals surface area contributed by atoms with Crippen LogP contribution in [0.25, 0.3) is 0 Å². The Bertz CT molecular complexity index is 837. The Balaban J connectivity index is 1.84. The maximum Gasteiger partial charge on any atom is 0.483 e. The molecular weight excluding hydrogens is 384 g/mol. The third-order valence-corrected chi connectivity index (χ3v) is 6.64. The molecule has 2 heterocycles. The summed E-state index contributed by atoms with van der Waals surface area (Å²) in [7, 11) is -1.55. The van der Waals surface area contributed by atoms with Crippen molar-refractivity contribution < 1.29 is 28.0 Å². The van der Waals surface area contributed by atoms with E-state index in [0.29, 0.717) is 24.0 Å². The number of rotatable bonds is 3. The van der Waals surface area contributed by atoms with Crippen LogP contribution in [0.1, 0.15) is 49.7 Å². The monoisotopic (exact) mass is 408 g/mol. The molecule has 29 heavy (non-hydrogen) atoms. The van der Waals surface area contributed by atoms with E-state index >= 15 is 0 Å². The number of halogens is 3. The van der Waals surface area contributed by atoms with Gasteiger partial charge in [-0.05, 0) is 36.7 Å². The summed E-state index contributed by atoms with van der Waals surface area (Å²) in [6, 6.07) is 4.02. The zero-order chi connectivity index (χ0) is 20.8. The lowest BCUT2D eigenvalue weighted by atomic mass is 9.68. The summed E-state index contributed by atoms with van der Waals surface area (Å²) in [6.07, 6.45) is 1.97. The fraction of sp³-hybridized carbons (Fsp3) is 0.550. The minimum absolute atomic E-state index is 0.0880. The molecule has 2 aliphatic heterocycles. The van der Waals surface area contributed by atoms with Crippen LogP contribution in [0.4, 0.5) is 18.9 Å². The molecule has 0 saturated heterocycles. The molecule has 0 radical (unpaired) electrons. The predicted octanol–water partition coefficient (Wildman–Crippen LogP) is 3.08. The molecule has 1 aliphatic carbocycles. The average molecular weight is 408 g/mol. The number of fused-ring (bicyclic) bond motifs is 1. The minimum atomic E-state index is -4.56. The van der Waals surface area contributed by atoms with E-state index in [4.69, 9.17) is 0 Å². The van der Waals surface area contributed by atoms with Gasteiger partial charge in [-0.15, -0.1) is 0 Å². The first-order valence-corrected chi connectivity index (χ1v) is 10.1. The van der Waals surface area contributed by atoms with Gasteiger partial charge in [-0.1, -0.05) is 37.5 Å². The van der Waals surface area contributed by atoms with Crippen molar-refractivity contribution >= 4 is 18.7 Å². The van der Waals surface area contributed by atoms with Crippen molar-refractivity contribution in [2.45, 2.75) is 50.2 Å². The van der Waals surface area contributed by atoms with E-state index in [1.165, 1.54) is 6.07 Å². The van der Waals surface area contributed by atoms with E-state index in [1.54, 1.807) is 12.1 Å². The number of nitrogens with zero attached hydrogens (tertiary/aromatic N) is 1. The van der Waals surface area contributed by atoms with Gasteiger partial charge >= 0.3 is 13.3 Å². The Morgan fingerprint density at radius 3 is 2.48 bits per heavy atom. The molecule has 1 atom stereocenters. The maximum atomic E-state index is 13.6. The van der Waals surface area contributed by atoms with Gasteiger partial charge in [0.25, 0.3) is 0 Å². The summed E-state index contributed by atoms with van der Waals surface area (Å²) in [5, 5.41) is 21.5. The first-order chi connectivity index (χ1) is 13.8. The number of carbonyl (C=O) groups is 1. The second-order valence-electron chi connectivity index (χ2n) is 8.13. The van der Waals surface area contributed by atoms with E-state index < -0.39 is 30.3 Å². The Hall–Kier alpha value is -1.84. The quantitative estimate of drug-likeness (QED) is 0.673. The number of alkyl halides is 3. The number of hydrogen-bond acceptors (Lipinski definition) is 4. The molecule has 3 aliphatic rings. The standard InChI is InChI=1S/C20H24BF3N2O3/c22-20(23,24)16-8-4-7-15-17(16)25-18(27)19(15,13-5-2-1-3-6-13)26-11-9-14(10-12-26)21(28)29/h4,7-9,13,28-29H,1-3,5-6,10-12H2,(H,25,27)/t19-/m1/s1. The van der Waals surface area contributed by atoms with Gasteiger partial charge in [-0.3, -0.25) is 9.69 Å². The smallest absolute Gasteiger partial charge is 0.423 e. The summed E-state index contributed by atoms with van der Waals surface area (Å²) in [5.74, 6) is -0.493. The molecule has 5 nitrogen and oxygen atoms in total. The molecule has 1 aromatic carbocycles. The van der Waals surface area contributed by atoms with E-state index in [2.05, 4.69) is 5.32 Å². The molecule has 1 amide bonds. The van der Waals surface area contributed by atoms with Crippen molar-refractivity contribution in [1.29, 1.82) is 0 Å². The van der Waals surface area contributed by atoms with Crippen LogP contribution in [0.2, 0.25) is 0 Å². The summed E-state index contributed by atoms with van der Waals surface area (Å²) in [4.78, 5) is 15.3. The molecule has 1 aromatic rings. The fourth-order valence-electron chi connectivity index (χ4n) is 5.31. The summed E-state index contributed by atoms with van der Waals surface area (Å²) < 4.78 is 40.8. The fourth-order valence-corrected chi connectivity index (χ4v) is 5.31. The van der Waals surface area contributed by atoms with Gasteiger partial charge in [0.1, 0.15) is 5.54 Å². The highest BCUT2D eigenvalue weighted by atomic mass is 19.4. The first-order valence-electron chi connectivity index (χ1n) is 10.1. The van der Waals surface area contributed by atoms with E-state index in [1.807, 2.05) is 4.90 Å². The first kappa shape index (κ1) is 20.4.